The number of hydrogen-bond donors (Lipinski definition) is 1. The van der Waals surface area contributed by atoms with Gasteiger partial charge < -0.3 is 9.47 Å². The summed E-state index contributed by atoms with van der Waals surface area (Å²) < 4.78 is 38.7. The summed E-state index contributed by atoms with van der Waals surface area (Å²) >= 11 is 0. The summed E-state index contributed by atoms with van der Waals surface area (Å²) in [4.78, 5) is 11.0. The molecule has 7 heteroatoms. The normalized spacial score (nSPS) is 10.9. The van der Waals surface area contributed by atoms with Gasteiger partial charge in [-0.25, -0.2) is 0 Å². The van der Waals surface area contributed by atoms with Crippen molar-refractivity contribution in [2.45, 2.75) is 0 Å². The van der Waals surface area contributed by atoms with E-state index in [1.165, 1.54) is 19.2 Å². The molecule has 0 aliphatic carbocycles. The van der Waals surface area contributed by atoms with Crippen molar-refractivity contribution >= 4 is 16.1 Å². The molecule has 1 aromatic carbocycles. The van der Waals surface area contributed by atoms with E-state index in [1.54, 1.807) is 12.1 Å². The first kappa shape index (κ1) is 12.5. The third-order valence-electron chi connectivity index (χ3n) is 1.59. The predicted molar refractivity (Wildman–Crippen MR) is 55.0 cm³/mol. The van der Waals surface area contributed by atoms with E-state index in [0.717, 1.165) is 0 Å². The molecule has 1 rings (SSSR count). The Morgan fingerprint density at radius 3 is 2.19 bits per heavy atom. The molecule has 16 heavy (non-hydrogen) atoms. The summed E-state index contributed by atoms with van der Waals surface area (Å²) in [6, 6.07) is 5.99. The Hall–Kier alpha value is -1.60. The van der Waals surface area contributed by atoms with E-state index in [2.05, 4.69) is 4.74 Å². The van der Waals surface area contributed by atoms with Crippen molar-refractivity contribution < 1.29 is 27.2 Å². The molecule has 1 N–H and O–H groups in total. The van der Waals surface area contributed by atoms with Gasteiger partial charge in [0.25, 0.3) is 10.1 Å². The summed E-state index contributed by atoms with van der Waals surface area (Å²) in [6.45, 7) is 0. The third kappa shape index (κ3) is 4.28. The fraction of sp³-hybridized carbons (Fsp3) is 0.222. The number of carbonyl (C=O) groups excluding carboxylic acids is 1. The largest absolute Gasteiger partial charge is 0.497 e. The molecule has 0 unspecified atom stereocenters. The number of ether oxygens (including phenoxy) is 2. The molecule has 0 aliphatic rings. The topological polar surface area (TPSA) is 89.9 Å². The second-order valence-corrected chi connectivity index (χ2v) is 4.33. The third-order valence-corrected chi connectivity index (χ3v) is 2.19. The van der Waals surface area contributed by atoms with Crippen molar-refractivity contribution in [1.82, 2.24) is 0 Å². The Labute approximate surface area is 92.5 Å². The van der Waals surface area contributed by atoms with Gasteiger partial charge in [-0.1, -0.05) is 0 Å². The van der Waals surface area contributed by atoms with Crippen LogP contribution in [0.25, 0.3) is 0 Å². The van der Waals surface area contributed by atoms with Crippen molar-refractivity contribution in [2.24, 2.45) is 0 Å². The average Bonchev–Trinajstić information content (AvgIpc) is 2.16. The Morgan fingerprint density at radius 2 is 1.75 bits per heavy atom. The van der Waals surface area contributed by atoms with Gasteiger partial charge in [-0.2, -0.15) is 8.42 Å². The van der Waals surface area contributed by atoms with Crippen LogP contribution in [0.5, 0.6) is 11.5 Å². The van der Waals surface area contributed by atoms with Gasteiger partial charge in [0.05, 0.1) is 7.11 Å². The zero-order valence-corrected chi connectivity index (χ0v) is 9.23. The van der Waals surface area contributed by atoms with E-state index in [1.807, 2.05) is 0 Å². The maximum Gasteiger partial charge on any atom is 0.329 e. The van der Waals surface area contributed by atoms with E-state index < -0.39 is 21.8 Å². The zero-order chi connectivity index (χ0) is 12.2. The van der Waals surface area contributed by atoms with E-state index in [-0.39, 0.29) is 5.75 Å². The van der Waals surface area contributed by atoms with E-state index in [0.29, 0.717) is 5.75 Å². The molecule has 0 aliphatic heterocycles. The van der Waals surface area contributed by atoms with Crippen LogP contribution in [0.4, 0.5) is 0 Å². The smallest absolute Gasteiger partial charge is 0.329 e. The molecule has 0 atom stereocenters. The van der Waals surface area contributed by atoms with Crippen LogP contribution in [0, 0.1) is 0 Å². The first-order valence-electron chi connectivity index (χ1n) is 4.20. The number of methoxy groups -OCH3 is 1. The molecule has 0 saturated carbocycles. The second kappa shape index (κ2) is 4.95. The molecule has 0 saturated heterocycles. The molecule has 0 bridgehead atoms. The average molecular weight is 246 g/mol. The fourth-order valence-electron chi connectivity index (χ4n) is 0.954. The molecule has 0 radical (unpaired) electrons. The van der Waals surface area contributed by atoms with Crippen LogP contribution in [0.2, 0.25) is 0 Å². The lowest BCUT2D eigenvalue weighted by molar-refractivity contribution is -0.131. The quantitative estimate of drug-likeness (QED) is 0.472. The SMILES string of the molecule is COc1ccc(OC(=O)CS(=O)(=O)O)cc1. The van der Waals surface area contributed by atoms with Crippen molar-refractivity contribution in [3.8, 4) is 11.5 Å². The highest BCUT2D eigenvalue weighted by Crippen LogP contribution is 2.17. The Kier molecular flexibility index (Phi) is 3.86. The molecule has 6 nitrogen and oxygen atoms in total. The summed E-state index contributed by atoms with van der Waals surface area (Å²) in [6.07, 6.45) is 0. The second-order valence-electron chi connectivity index (χ2n) is 2.88. The van der Waals surface area contributed by atoms with Crippen molar-refractivity contribution in [2.75, 3.05) is 12.9 Å². The summed E-state index contributed by atoms with van der Waals surface area (Å²) in [7, 11) is -2.87. The number of carbonyl (C=O) groups is 1. The molecular weight excluding hydrogens is 236 g/mol. The van der Waals surface area contributed by atoms with Gasteiger partial charge in [0, 0.05) is 0 Å². The van der Waals surface area contributed by atoms with Crippen LogP contribution < -0.4 is 9.47 Å². The van der Waals surface area contributed by atoms with Crippen molar-refractivity contribution in [1.29, 1.82) is 0 Å². The summed E-state index contributed by atoms with van der Waals surface area (Å²) in [5, 5.41) is 0. The lowest BCUT2D eigenvalue weighted by Crippen LogP contribution is -2.20. The Morgan fingerprint density at radius 1 is 1.25 bits per heavy atom. The first-order valence-corrected chi connectivity index (χ1v) is 5.81. The van der Waals surface area contributed by atoms with Gasteiger partial charge in [-0.05, 0) is 24.3 Å². The fourth-order valence-corrected chi connectivity index (χ4v) is 1.31. The molecule has 1 aromatic rings. The highest BCUT2D eigenvalue weighted by Gasteiger charge is 2.14. The molecule has 0 heterocycles. The first-order chi connectivity index (χ1) is 7.40. The molecule has 0 aromatic heterocycles. The highest BCUT2D eigenvalue weighted by molar-refractivity contribution is 7.86. The van der Waals surface area contributed by atoms with Crippen LogP contribution >= 0.6 is 0 Å². The Bertz CT molecular complexity index is 461. The number of hydrogen-bond acceptors (Lipinski definition) is 5. The zero-order valence-electron chi connectivity index (χ0n) is 8.41. The van der Waals surface area contributed by atoms with Crippen LogP contribution in [0.3, 0.4) is 0 Å². The van der Waals surface area contributed by atoms with Gasteiger partial charge >= 0.3 is 5.97 Å². The van der Waals surface area contributed by atoms with Gasteiger partial charge in [0.1, 0.15) is 11.5 Å². The van der Waals surface area contributed by atoms with Crippen molar-refractivity contribution in [3.05, 3.63) is 24.3 Å². The van der Waals surface area contributed by atoms with Gasteiger partial charge in [0.15, 0.2) is 5.75 Å². The van der Waals surface area contributed by atoms with E-state index >= 15 is 0 Å². The molecule has 0 fully saturated rings. The lowest BCUT2D eigenvalue weighted by Gasteiger charge is -2.04. The van der Waals surface area contributed by atoms with Gasteiger partial charge in [0.2, 0.25) is 0 Å². The maximum atomic E-state index is 11.0. The number of esters is 1. The predicted octanol–water partition coefficient (Wildman–Crippen LogP) is 0.488. The van der Waals surface area contributed by atoms with Crippen LogP contribution in [0.15, 0.2) is 24.3 Å². The molecule has 88 valence electrons. The van der Waals surface area contributed by atoms with E-state index in [4.69, 9.17) is 9.29 Å². The highest BCUT2D eigenvalue weighted by atomic mass is 32.2. The molecule has 0 amide bonds. The van der Waals surface area contributed by atoms with Gasteiger partial charge in [-0.3, -0.25) is 9.35 Å². The minimum atomic E-state index is -4.36. The maximum absolute atomic E-state index is 11.0. The lowest BCUT2D eigenvalue weighted by atomic mass is 10.3. The number of rotatable bonds is 4. The standard InChI is InChI=1S/C9H10O6S/c1-14-7-2-4-8(5-3-7)15-9(10)6-16(11,12)13/h2-5H,6H2,1H3,(H,11,12,13). The summed E-state index contributed by atoms with van der Waals surface area (Å²) in [5.41, 5.74) is 0. The molecular formula is C9H10O6S. The minimum Gasteiger partial charge on any atom is -0.497 e. The minimum absolute atomic E-state index is 0.175. The van der Waals surface area contributed by atoms with Crippen molar-refractivity contribution in [3.63, 3.8) is 0 Å². The van der Waals surface area contributed by atoms with Crippen LogP contribution in [-0.2, 0) is 14.9 Å². The van der Waals surface area contributed by atoms with Crippen LogP contribution in [-0.4, -0.2) is 31.8 Å². The summed E-state index contributed by atoms with van der Waals surface area (Å²) in [5.74, 6) is -1.37. The van der Waals surface area contributed by atoms with Crippen LogP contribution in [0.1, 0.15) is 0 Å². The number of benzene rings is 1. The van der Waals surface area contributed by atoms with E-state index in [9.17, 15) is 13.2 Å². The van der Waals surface area contributed by atoms with Gasteiger partial charge in [-0.15, -0.1) is 0 Å². The molecule has 0 spiro atoms. The monoisotopic (exact) mass is 246 g/mol. The Balaban J connectivity index is 2.63.